The first-order chi connectivity index (χ1) is 12.9. The number of ether oxygens (including phenoxy) is 1. The minimum atomic E-state index is -0.853. The Bertz CT molecular complexity index is 759. The Balaban J connectivity index is 1.91. The van der Waals surface area contributed by atoms with E-state index in [-0.39, 0.29) is 11.8 Å². The molecule has 0 saturated carbocycles. The molecular weight excluding hydrogens is 340 g/mol. The van der Waals surface area contributed by atoms with Crippen LogP contribution in [-0.4, -0.2) is 38.6 Å². The van der Waals surface area contributed by atoms with Crippen molar-refractivity contribution in [2.24, 2.45) is 0 Å². The molecule has 0 bridgehead atoms. The van der Waals surface area contributed by atoms with E-state index in [4.69, 9.17) is 4.74 Å². The zero-order chi connectivity index (χ0) is 19.8. The molecule has 5 nitrogen and oxygen atoms in total. The van der Waals surface area contributed by atoms with Crippen molar-refractivity contribution in [2.75, 3.05) is 25.5 Å². The van der Waals surface area contributed by atoms with Crippen LogP contribution in [0.4, 0.5) is 5.69 Å². The predicted molar refractivity (Wildman–Crippen MR) is 108 cm³/mol. The Morgan fingerprint density at radius 2 is 1.78 bits per heavy atom. The summed E-state index contributed by atoms with van der Waals surface area (Å²) in [7, 11) is 3.80. The van der Waals surface area contributed by atoms with Gasteiger partial charge in [-0.1, -0.05) is 43.3 Å². The number of rotatable bonds is 8. The lowest BCUT2D eigenvalue weighted by molar-refractivity contribution is -0.129. The highest BCUT2D eigenvalue weighted by Crippen LogP contribution is 2.18. The predicted octanol–water partition coefficient (Wildman–Crippen LogP) is 3.61. The lowest BCUT2D eigenvalue weighted by Crippen LogP contribution is -2.38. The molecule has 0 aliphatic rings. The lowest BCUT2D eigenvalue weighted by Gasteiger charge is -2.19. The van der Waals surface area contributed by atoms with Crippen molar-refractivity contribution in [2.45, 2.75) is 32.3 Å². The summed E-state index contributed by atoms with van der Waals surface area (Å²) < 4.78 is 5.34. The Morgan fingerprint density at radius 3 is 2.41 bits per heavy atom. The van der Waals surface area contributed by atoms with Gasteiger partial charge in [0.1, 0.15) is 0 Å². The topological polar surface area (TPSA) is 58.6 Å². The number of amides is 1. The van der Waals surface area contributed by atoms with Gasteiger partial charge in [0.15, 0.2) is 6.10 Å². The van der Waals surface area contributed by atoms with Crippen LogP contribution < -0.4 is 10.2 Å². The first-order valence-corrected chi connectivity index (χ1v) is 9.23. The zero-order valence-corrected chi connectivity index (χ0v) is 16.4. The van der Waals surface area contributed by atoms with Crippen molar-refractivity contribution in [3.63, 3.8) is 0 Å². The maximum atomic E-state index is 12.3. The minimum absolute atomic E-state index is 0.231. The quantitative estimate of drug-likeness (QED) is 0.723. The molecule has 2 rings (SSSR count). The van der Waals surface area contributed by atoms with Crippen LogP contribution in [0.3, 0.4) is 0 Å². The number of carbonyl (C=O) groups excluding carboxylic acids is 2. The highest BCUT2D eigenvalue weighted by atomic mass is 16.5. The van der Waals surface area contributed by atoms with E-state index in [9.17, 15) is 9.59 Å². The third kappa shape index (κ3) is 5.84. The van der Waals surface area contributed by atoms with Crippen molar-refractivity contribution in [3.8, 4) is 0 Å². The average molecular weight is 368 g/mol. The molecule has 0 radical (unpaired) electrons. The summed E-state index contributed by atoms with van der Waals surface area (Å²) in [4.78, 5) is 26.6. The first-order valence-electron chi connectivity index (χ1n) is 9.23. The van der Waals surface area contributed by atoms with E-state index in [1.807, 2.05) is 43.3 Å². The number of hydrogen-bond donors (Lipinski definition) is 1. The summed E-state index contributed by atoms with van der Waals surface area (Å²) in [5, 5.41) is 2.89. The number of benzene rings is 2. The van der Waals surface area contributed by atoms with Gasteiger partial charge in [0.25, 0.3) is 5.91 Å². The van der Waals surface area contributed by atoms with E-state index in [2.05, 4.69) is 24.4 Å². The van der Waals surface area contributed by atoms with Crippen molar-refractivity contribution < 1.29 is 14.3 Å². The normalized spacial score (nSPS) is 12.7. The maximum absolute atomic E-state index is 12.3. The molecule has 144 valence electrons. The third-order valence-corrected chi connectivity index (χ3v) is 4.54. The maximum Gasteiger partial charge on any atom is 0.338 e. The number of nitrogens with zero attached hydrogens (tertiary/aromatic N) is 1. The minimum Gasteiger partial charge on any atom is -0.449 e. The van der Waals surface area contributed by atoms with Gasteiger partial charge in [-0.2, -0.15) is 0 Å². The van der Waals surface area contributed by atoms with Gasteiger partial charge in [0.05, 0.1) is 5.56 Å². The second kappa shape index (κ2) is 9.76. The largest absolute Gasteiger partial charge is 0.449 e. The summed E-state index contributed by atoms with van der Waals surface area (Å²) in [6.07, 6.45) is 0.0595. The van der Waals surface area contributed by atoms with Crippen molar-refractivity contribution in [3.05, 3.63) is 65.7 Å². The molecule has 2 aromatic rings. The molecule has 0 aromatic heterocycles. The standard InChI is InChI=1S/C22H28N2O3/c1-5-17(18-10-7-6-8-11-18)15-23-21(25)16(2)27-22(26)19-12-9-13-20(14-19)24(3)4/h6-14,16-17H,5,15H2,1-4H3,(H,23,25)/t16-,17-/m0/s1. The Labute approximate surface area is 161 Å². The highest BCUT2D eigenvalue weighted by Gasteiger charge is 2.20. The van der Waals surface area contributed by atoms with Crippen LogP contribution in [0.15, 0.2) is 54.6 Å². The van der Waals surface area contributed by atoms with Crippen molar-refractivity contribution in [1.82, 2.24) is 5.32 Å². The van der Waals surface area contributed by atoms with Crippen LogP contribution in [0.5, 0.6) is 0 Å². The molecule has 1 N–H and O–H groups in total. The van der Waals surface area contributed by atoms with Gasteiger partial charge in [0.2, 0.25) is 0 Å². The Hall–Kier alpha value is -2.82. The van der Waals surface area contributed by atoms with Crippen molar-refractivity contribution >= 4 is 17.6 Å². The molecular formula is C22H28N2O3. The van der Waals surface area contributed by atoms with Gasteiger partial charge >= 0.3 is 5.97 Å². The van der Waals surface area contributed by atoms with Crippen LogP contribution >= 0.6 is 0 Å². The van der Waals surface area contributed by atoms with Crippen LogP contribution in [0.25, 0.3) is 0 Å². The summed E-state index contributed by atoms with van der Waals surface area (Å²) in [6, 6.07) is 17.2. The molecule has 27 heavy (non-hydrogen) atoms. The van der Waals surface area contributed by atoms with Crippen molar-refractivity contribution in [1.29, 1.82) is 0 Å². The third-order valence-electron chi connectivity index (χ3n) is 4.54. The summed E-state index contributed by atoms with van der Waals surface area (Å²) in [6.45, 7) is 4.19. The van der Waals surface area contributed by atoms with Gasteiger partial charge in [-0.25, -0.2) is 4.79 Å². The zero-order valence-electron chi connectivity index (χ0n) is 16.4. The second-order valence-electron chi connectivity index (χ2n) is 6.75. The molecule has 0 heterocycles. The highest BCUT2D eigenvalue weighted by molar-refractivity contribution is 5.93. The van der Waals surface area contributed by atoms with Crippen LogP contribution in [0.1, 0.15) is 42.1 Å². The fourth-order valence-electron chi connectivity index (χ4n) is 2.78. The van der Waals surface area contributed by atoms with E-state index >= 15 is 0 Å². The van der Waals surface area contributed by atoms with E-state index in [0.717, 1.165) is 12.1 Å². The summed E-state index contributed by atoms with van der Waals surface area (Å²) in [5.74, 6) is -0.562. The van der Waals surface area contributed by atoms with E-state index in [0.29, 0.717) is 12.1 Å². The number of hydrogen-bond acceptors (Lipinski definition) is 4. The molecule has 0 aliphatic carbocycles. The van der Waals surface area contributed by atoms with Crippen LogP contribution in [0, 0.1) is 0 Å². The first kappa shape index (κ1) is 20.5. The molecule has 2 atom stereocenters. The van der Waals surface area contributed by atoms with Gasteiger partial charge < -0.3 is 15.0 Å². The fraction of sp³-hybridized carbons (Fsp3) is 0.364. The smallest absolute Gasteiger partial charge is 0.338 e. The van der Waals surface area contributed by atoms with Gasteiger partial charge in [-0.15, -0.1) is 0 Å². The molecule has 2 aromatic carbocycles. The molecule has 1 amide bonds. The lowest BCUT2D eigenvalue weighted by atomic mass is 9.96. The molecule has 0 spiro atoms. The van der Waals surface area contributed by atoms with Gasteiger partial charge in [0, 0.05) is 32.2 Å². The summed E-state index contributed by atoms with van der Waals surface area (Å²) in [5.41, 5.74) is 2.51. The molecule has 5 heteroatoms. The number of carbonyl (C=O) groups is 2. The number of anilines is 1. The van der Waals surface area contributed by atoms with E-state index < -0.39 is 12.1 Å². The molecule has 0 fully saturated rings. The second-order valence-corrected chi connectivity index (χ2v) is 6.75. The number of esters is 1. The Kier molecular flexibility index (Phi) is 7.41. The van der Waals surface area contributed by atoms with E-state index in [1.165, 1.54) is 5.56 Å². The van der Waals surface area contributed by atoms with E-state index in [1.54, 1.807) is 25.1 Å². The van der Waals surface area contributed by atoms with Gasteiger partial charge in [-0.05, 0) is 37.1 Å². The van der Waals surface area contributed by atoms with Crippen LogP contribution in [-0.2, 0) is 9.53 Å². The molecule has 0 unspecified atom stereocenters. The monoisotopic (exact) mass is 368 g/mol. The number of nitrogens with one attached hydrogen (secondary N) is 1. The molecule has 0 aliphatic heterocycles. The fourth-order valence-corrected chi connectivity index (χ4v) is 2.78. The average Bonchev–Trinajstić information content (AvgIpc) is 2.69. The molecule has 0 saturated heterocycles. The van der Waals surface area contributed by atoms with Crippen LogP contribution in [0.2, 0.25) is 0 Å². The summed E-state index contributed by atoms with van der Waals surface area (Å²) >= 11 is 0. The SMILES string of the molecule is CC[C@@H](CNC(=O)[C@H](C)OC(=O)c1cccc(N(C)C)c1)c1ccccc1. The Morgan fingerprint density at radius 1 is 1.07 bits per heavy atom. The van der Waals surface area contributed by atoms with Gasteiger partial charge in [-0.3, -0.25) is 4.79 Å².